The van der Waals surface area contributed by atoms with Gasteiger partial charge in [-0.2, -0.15) is 0 Å². The van der Waals surface area contributed by atoms with Crippen molar-refractivity contribution in [1.82, 2.24) is 0 Å². The van der Waals surface area contributed by atoms with Crippen molar-refractivity contribution in [3.63, 3.8) is 0 Å². The fourth-order valence-corrected chi connectivity index (χ4v) is 9.59. The summed E-state index contributed by atoms with van der Waals surface area (Å²) in [5, 5.41) is 9.62. The Bertz CT molecular complexity index is 338. The van der Waals surface area contributed by atoms with Crippen molar-refractivity contribution in [2.24, 2.45) is 0 Å². The van der Waals surface area contributed by atoms with E-state index < -0.39 is 16.2 Å². The molecule has 0 aromatic heterocycles. The van der Waals surface area contributed by atoms with E-state index in [1.807, 2.05) is 0 Å². The summed E-state index contributed by atoms with van der Waals surface area (Å²) in [7, 11) is 0. The van der Waals surface area contributed by atoms with Gasteiger partial charge in [-0.1, -0.05) is 173 Å². The largest absolute Gasteiger partial charge is 0.394 e. The van der Waals surface area contributed by atoms with E-state index in [1.54, 1.807) is 0 Å². The molecule has 0 bridgehead atoms. The monoisotopic (exact) mass is 923 g/mol. The second kappa shape index (κ2) is 8.63. The van der Waals surface area contributed by atoms with Gasteiger partial charge in [0.05, 0.1) is 6.61 Å². The van der Waals surface area contributed by atoms with Gasteiger partial charge >= 0.3 is 0 Å². The van der Waals surface area contributed by atoms with E-state index in [-0.39, 0.29) is 6.61 Å². The molecule has 0 saturated heterocycles. The highest BCUT2D eigenvalue weighted by Crippen LogP contribution is 2.71. The Morgan fingerprint density at radius 3 is 1.30 bits per heavy atom. The molecule has 0 aliphatic heterocycles. The number of hydrogen-bond acceptors (Lipinski definition) is 1. The molecule has 0 heterocycles. The Labute approximate surface area is 203 Å². The van der Waals surface area contributed by atoms with E-state index >= 15 is 0 Å². The summed E-state index contributed by atoms with van der Waals surface area (Å²) in [4.78, 5) is 0. The predicted molar refractivity (Wildman–Crippen MR) is 125 cm³/mol. The highest BCUT2D eigenvalue weighted by Gasteiger charge is 2.69. The van der Waals surface area contributed by atoms with E-state index in [4.69, 9.17) is 0 Å². The molecule has 20 heavy (non-hydrogen) atoms. The second-order valence-corrected chi connectivity index (χ2v) is 21.9. The molecular formula is C9H10Br10O. The number of hydrogen-bond donors (Lipinski definition) is 1. The molecule has 0 aromatic rings. The van der Waals surface area contributed by atoms with Gasteiger partial charge in [0.25, 0.3) is 0 Å². The first-order valence-corrected chi connectivity index (χ1v) is 13.1. The topological polar surface area (TPSA) is 20.2 Å². The lowest BCUT2D eigenvalue weighted by molar-refractivity contribution is 0.282. The fourth-order valence-electron chi connectivity index (χ4n) is 1.23. The summed E-state index contributed by atoms with van der Waals surface area (Å²) in [5.41, 5.74) is 0. The van der Waals surface area contributed by atoms with Gasteiger partial charge in [0, 0.05) is 0 Å². The highest BCUT2D eigenvalue weighted by atomic mass is 79.9. The van der Waals surface area contributed by atoms with Crippen molar-refractivity contribution in [1.29, 1.82) is 0 Å². The Morgan fingerprint density at radius 2 is 1.00 bits per heavy atom. The standard InChI is InChI=1S/C9H10Br10O/c1-2-3-5(10,11)7(14,15)9(18,19)8(16,17)6(12,13)4-20/h20H,2-4H2,1H3. The highest BCUT2D eigenvalue weighted by molar-refractivity contribution is 9.35. The molecule has 1 nitrogen and oxygen atoms in total. The number of alkyl halides is 10. The van der Waals surface area contributed by atoms with Crippen LogP contribution in [0, 0.1) is 0 Å². The summed E-state index contributed by atoms with van der Waals surface area (Å²) in [6.07, 6.45) is 1.81. The molecule has 11 heteroatoms. The number of aliphatic hydroxyl groups is 1. The first-order valence-electron chi connectivity index (χ1n) is 5.12. The Balaban J connectivity index is 5.84. The molecule has 0 aliphatic carbocycles. The average Bonchev–Trinajstić information content (AvgIpc) is 2.27. The van der Waals surface area contributed by atoms with E-state index in [0.717, 1.165) is 12.8 Å². The van der Waals surface area contributed by atoms with Crippen LogP contribution in [0.25, 0.3) is 0 Å². The Hall–Kier alpha value is 4.76. The van der Waals surface area contributed by atoms with Gasteiger partial charge in [-0.25, -0.2) is 0 Å². The first-order chi connectivity index (χ1) is 8.62. The van der Waals surface area contributed by atoms with E-state index in [9.17, 15) is 5.11 Å². The number of aliphatic hydroxyl groups excluding tert-OH is 1. The van der Waals surface area contributed by atoms with Crippen molar-refractivity contribution in [3.05, 3.63) is 0 Å². The van der Waals surface area contributed by atoms with Crippen molar-refractivity contribution in [2.75, 3.05) is 6.61 Å². The van der Waals surface area contributed by atoms with Crippen LogP contribution in [0.1, 0.15) is 19.8 Å². The van der Waals surface area contributed by atoms with E-state index in [0.29, 0.717) is 0 Å². The zero-order chi connectivity index (χ0) is 16.6. The van der Waals surface area contributed by atoms with Gasteiger partial charge in [-0.05, 0) is 6.42 Å². The van der Waals surface area contributed by atoms with Crippen LogP contribution in [0.5, 0.6) is 0 Å². The quantitative estimate of drug-likeness (QED) is 0.256. The molecule has 0 saturated carbocycles. The third kappa shape index (κ3) is 4.72. The lowest BCUT2D eigenvalue weighted by Crippen LogP contribution is -2.61. The SMILES string of the molecule is CCCC(Br)(Br)C(Br)(Br)C(Br)(Br)C(Br)(Br)C(Br)(Br)CO. The summed E-state index contributed by atoms with van der Waals surface area (Å²) < 4.78 is -3.62. The minimum absolute atomic E-state index is 0.163. The number of rotatable bonds is 7. The molecule has 0 aromatic carbocycles. The maximum Gasteiger partial charge on any atom is 0.135 e. The smallest absolute Gasteiger partial charge is 0.135 e. The van der Waals surface area contributed by atoms with Gasteiger partial charge in [0.1, 0.15) is 16.2 Å². The fraction of sp³-hybridized carbons (Fsp3) is 1.00. The van der Waals surface area contributed by atoms with Crippen LogP contribution in [-0.4, -0.2) is 27.9 Å². The molecule has 0 radical (unpaired) electrons. The van der Waals surface area contributed by atoms with Crippen molar-refractivity contribution < 1.29 is 5.11 Å². The molecule has 122 valence electrons. The summed E-state index contributed by atoms with van der Waals surface area (Å²) in [6, 6.07) is 0. The second-order valence-electron chi connectivity index (χ2n) is 4.04. The minimum Gasteiger partial charge on any atom is -0.394 e. The van der Waals surface area contributed by atoms with Gasteiger partial charge < -0.3 is 5.11 Å². The van der Waals surface area contributed by atoms with E-state index in [1.165, 1.54) is 0 Å². The van der Waals surface area contributed by atoms with Crippen LogP contribution in [0.2, 0.25) is 0 Å². The molecule has 0 spiro atoms. The molecule has 0 unspecified atom stereocenters. The minimum atomic E-state index is -0.838. The summed E-state index contributed by atoms with van der Waals surface area (Å²) in [6.45, 7) is 1.93. The van der Waals surface area contributed by atoms with E-state index in [2.05, 4.69) is 166 Å². The zero-order valence-corrected chi connectivity index (χ0v) is 25.7. The normalized spacial score (nSPS) is 15.6. The Kier molecular flexibility index (Phi) is 10.7. The van der Waals surface area contributed by atoms with Crippen LogP contribution < -0.4 is 0 Å². The van der Waals surface area contributed by atoms with Crippen molar-refractivity contribution in [2.45, 2.75) is 35.9 Å². The van der Waals surface area contributed by atoms with Gasteiger partial charge in [0.2, 0.25) is 0 Å². The molecule has 0 amide bonds. The lowest BCUT2D eigenvalue weighted by Gasteiger charge is -2.52. The van der Waals surface area contributed by atoms with Crippen LogP contribution in [0.15, 0.2) is 0 Å². The molecular weight excluding hydrogens is 923 g/mol. The Morgan fingerprint density at radius 1 is 0.650 bits per heavy atom. The third-order valence-electron chi connectivity index (χ3n) is 2.47. The molecule has 0 fully saturated rings. The number of halogens is 10. The van der Waals surface area contributed by atoms with Crippen molar-refractivity contribution in [3.8, 4) is 0 Å². The molecule has 1 N–H and O–H groups in total. The van der Waals surface area contributed by atoms with Crippen LogP contribution in [0.3, 0.4) is 0 Å². The van der Waals surface area contributed by atoms with Gasteiger partial charge in [-0.15, -0.1) is 0 Å². The molecule has 0 aliphatic rings. The van der Waals surface area contributed by atoms with Crippen LogP contribution in [0.4, 0.5) is 0 Å². The van der Waals surface area contributed by atoms with Gasteiger partial charge in [0.15, 0.2) is 0 Å². The van der Waals surface area contributed by atoms with Gasteiger partial charge in [-0.3, -0.25) is 0 Å². The predicted octanol–water partition coefficient (Wildman–Crippen LogP) is 8.21. The average molecular weight is 933 g/mol. The van der Waals surface area contributed by atoms with Crippen LogP contribution >= 0.6 is 159 Å². The maximum absolute atomic E-state index is 9.62. The van der Waals surface area contributed by atoms with Crippen molar-refractivity contribution >= 4 is 159 Å². The summed E-state index contributed by atoms with van der Waals surface area (Å²) in [5.74, 6) is 0. The molecule has 0 atom stereocenters. The first kappa shape index (κ1) is 24.8. The molecule has 0 rings (SSSR count). The maximum atomic E-state index is 9.62. The lowest BCUT2D eigenvalue weighted by atomic mass is 10.1. The van der Waals surface area contributed by atoms with Crippen LogP contribution in [-0.2, 0) is 0 Å². The third-order valence-corrected chi connectivity index (χ3v) is 22.1. The zero-order valence-electron chi connectivity index (χ0n) is 9.85. The summed E-state index contributed by atoms with van der Waals surface area (Å²) >= 11 is 36.5.